The number of aromatic nitrogens is 1. The maximum absolute atomic E-state index is 11.8. The molecule has 1 unspecified atom stereocenters. The average Bonchev–Trinajstić information content (AvgIpc) is 2.44. The Kier molecular flexibility index (Phi) is 6.71. The number of aliphatic hydroxyl groups is 2. The predicted octanol–water partition coefficient (Wildman–Crippen LogP) is 0.562. The first-order valence-corrected chi connectivity index (χ1v) is 6.55. The molecule has 5 nitrogen and oxygen atoms in total. The fourth-order valence-corrected chi connectivity index (χ4v) is 1.36. The first-order valence-electron chi connectivity index (χ1n) is 6.55. The van der Waals surface area contributed by atoms with Crippen LogP contribution in [0.5, 0.6) is 0 Å². The monoisotopic (exact) mass is 276 g/mol. The molecule has 1 aromatic rings. The van der Waals surface area contributed by atoms with Crippen LogP contribution in [0.15, 0.2) is 18.3 Å². The molecule has 0 aliphatic heterocycles. The first kappa shape index (κ1) is 16.2. The highest BCUT2D eigenvalue weighted by Gasteiger charge is 2.09. The lowest BCUT2D eigenvalue weighted by Gasteiger charge is -2.08. The zero-order chi connectivity index (χ0) is 15.0. The lowest BCUT2D eigenvalue weighted by molar-refractivity contribution is 0.0799. The van der Waals surface area contributed by atoms with Gasteiger partial charge in [0.1, 0.15) is 5.69 Å². The average molecular weight is 276 g/mol. The predicted molar refractivity (Wildman–Crippen MR) is 76.0 cm³/mol. The van der Waals surface area contributed by atoms with E-state index in [-0.39, 0.29) is 12.2 Å². The molecule has 0 aliphatic carbocycles. The molecule has 20 heavy (non-hydrogen) atoms. The van der Waals surface area contributed by atoms with Gasteiger partial charge in [-0.25, -0.2) is 0 Å². The molecule has 0 bridgehead atoms. The fraction of sp³-hybridized carbons (Fsp3) is 0.467. The lowest BCUT2D eigenvalue weighted by atomic mass is 10.1. The maximum Gasteiger partial charge on any atom is 0.270 e. The topological polar surface area (TPSA) is 82.5 Å². The largest absolute Gasteiger partial charge is 0.394 e. The van der Waals surface area contributed by atoms with E-state index in [4.69, 9.17) is 10.2 Å². The zero-order valence-electron chi connectivity index (χ0n) is 11.8. The van der Waals surface area contributed by atoms with E-state index in [0.717, 1.165) is 12.0 Å². The summed E-state index contributed by atoms with van der Waals surface area (Å²) >= 11 is 0. The molecule has 0 saturated heterocycles. The fourth-order valence-electron chi connectivity index (χ4n) is 1.36. The molecular weight excluding hydrogens is 256 g/mol. The van der Waals surface area contributed by atoms with Gasteiger partial charge in [0.25, 0.3) is 5.91 Å². The second kappa shape index (κ2) is 8.31. The molecule has 0 aromatic carbocycles. The standard InChI is InChI=1S/C15H20N2O3/c1-11(2)4-3-5-12-6-7-16-14(8-12)15(20)17-9-13(19)10-18/h6-8,11,13,18-19H,4,9-10H2,1-2H3,(H,17,20). The molecule has 5 heteroatoms. The van der Waals surface area contributed by atoms with Crippen molar-refractivity contribution in [2.75, 3.05) is 13.2 Å². The van der Waals surface area contributed by atoms with Crippen LogP contribution in [-0.2, 0) is 0 Å². The third-order valence-electron chi connectivity index (χ3n) is 2.44. The molecule has 108 valence electrons. The third kappa shape index (κ3) is 5.83. The number of pyridine rings is 1. The van der Waals surface area contributed by atoms with E-state index in [9.17, 15) is 4.79 Å². The maximum atomic E-state index is 11.8. The second-order valence-electron chi connectivity index (χ2n) is 4.88. The van der Waals surface area contributed by atoms with Gasteiger partial charge in [-0.15, -0.1) is 0 Å². The van der Waals surface area contributed by atoms with Crippen LogP contribution in [-0.4, -0.2) is 40.4 Å². The van der Waals surface area contributed by atoms with Gasteiger partial charge in [0, 0.05) is 24.7 Å². The van der Waals surface area contributed by atoms with Crippen molar-refractivity contribution in [3.8, 4) is 11.8 Å². The van der Waals surface area contributed by atoms with E-state index in [1.807, 2.05) is 0 Å². The van der Waals surface area contributed by atoms with Crippen molar-refractivity contribution < 1.29 is 15.0 Å². The molecule has 1 amide bonds. The van der Waals surface area contributed by atoms with Crippen LogP contribution in [0.3, 0.4) is 0 Å². The summed E-state index contributed by atoms with van der Waals surface area (Å²) in [7, 11) is 0. The second-order valence-corrected chi connectivity index (χ2v) is 4.88. The first-order chi connectivity index (χ1) is 9.52. The smallest absolute Gasteiger partial charge is 0.270 e. The van der Waals surface area contributed by atoms with Gasteiger partial charge in [-0.1, -0.05) is 25.7 Å². The summed E-state index contributed by atoms with van der Waals surface area (Å²) in [5, 5.41) is 20.3. The molecule has 1 aromatic heterocycles. The highest BCUT2D eigenvalue weighted by atomic mass is 16.3. The number of amides is 1. The van der Waals surface area contributed by atoms with E-state index in [2.05, 4.69) is 36.0 Å². The number of nitrogens with zero attached hydrogens (tertiary/aromatic N) is 1. The summed E-state index contributed by atoms with van der Waals surface area (Å²) in [5.41, 5.74) is 0.972. The van der Waals surface area contributed by atoms with Crippen LogP contribution in [0, 0.1) is 17.8 Å². The number of nitrogens with one attached hydrogen (secondary N) is 1. The Hall–Kier alpha value is -1.90. The molecule has 1 atom stereocenters. The van der Waals surface area contributed by atoms with Gasteiger partial charge < -0.3 is 15.5 Å². The Balaban J connectivity index is 2.66. The lowest BCUT2D eigenvalue weighted by Crippen LogP contribution is -2.34. The summed E-state index contributed by atoms with van der Waals surface area (Å²) in [6.07, 6.45) is 1.36. The molecule has 0 fully saturated rings. The van der Waals surface area contributed by atoms with Crippen molar-refractivity contribution in [3.63, 3.8) is 0 Å². The highest BCUT2D eigenvalue weighted by Crippen LogP contribution is 2.02. The minimum atomic E-state index is -0.965. The molecule has 0 saturated carbocycles. The molecule has 0 radical (unpaired) electrons. The van der Waals surface area contributed by atoms with Gasteiger partial charge in [0.05, 0.1) is 12.7 Å². The molecule has 3 N–H and O–H groups in total. The van der Waals surface area contributed by atoms with E-state index in [0.29, 0.717) is 5.92 Å². The van der Waals surface area contributed by atoms with Crippen molar-refractivity contribution in [3.05, 3.63) is 29.6 Å². The van der Waals surface area contributed by atoms with Crippen LogP contribution >= 0.6 is 0 Å². The highest BCUT2D eigenvalue weighted by molar-refractivity contribution is 5.92. The Morgan fingerprint density at radius 3 is 2.90 bits per heavy atom. The van der Waals surface area contributed by atoms with Crippen LogP contribution in [0.2, 0.25) is 0 Å². The molecule has 1 rings (SSSR count). The number of carbonyl (C=O) groups is 1. The van der Waals surface area contributed by atoms with Crippen LogP contribution < -0.4 is 5.32 Å². The summed E-state index contributed by atoms with van der Waals surface area (Å²) in [4.78, 5) is 15.7. The van der Waals surface area contributed by atoms with Gasteiger partial charge in [-0.05, 0) is 18.1 Å². The van der Waals surface area contributed by atoms with Crippen molar-refractivity contribution >= 4 is 5.91 Å². The van der Waals surface area contributed by atoms with E-state index in [1.54, 1.807) is 12.1 Å². The number of carbonyl (C=O) groups excluding carboxylic acids is 1. The Labute approximate surface area is 119 Å². The number of rotatable bonds is 5. The molecular formula is C15H20N2O3. The quantitative estimate of drug-likeness (QED) is 0.686. The molecule has 1 heterocycles. The van der Waals surface area contributed by atoms with Crippen LogP contribution in [0.1, 0.15) is 36.3 Å². The summed E-state index contributed by atoms with van der Waals surface area (Å²) in [6.45, 7) is 3.77. The van der Waals surface area contributed by atoms with Gasteiger partial charge in [0.15, 0.2) is 0 Å². The number of hydrogen-bond acceptors (Lipinski definition) is 4. The van der Waals surface area contributed by atoms with E-state index >= 15 is 0 Å². The van der Waals surface area contributed by atoms with Crippen molar-refractivity contribution in [1.82, 2.24) is 10.3 Å². The van der Waals surface area contributed by atoms with E-state index in [1.165, 1.54) is 6.20 Å². The summed E-state index contributed by atoms with van der Waals surface area (Å²) < 4.78 is 0. The Bertz CT molecular complexity index is 503. The normalized spacial score (nSPS) is 11.7. The van der Waals surface area contributed by atoms with Gasteiger partial charge in [-0.2, -0.15) is 0 Å². The van der Waals surface area contributed by atoms with E-state index < -0.39 is 18.6 Å². The van der Waals surface area contributed by atoms with Crippen molar-refractivity contribution in [1.29, 1.82) is 0 Å². The minimum Gasteiger partial charge on any atom is -0.394 e. The zero-order valence-corrected chi connectivity index (χ0v) is 11.8. The Morgan fingerprint density at radius 1 is 1.50 bits per heavy atom. The minimum absolute atomic E-state index is 0.0136. The Morgan fingerprint density at radius 2 is 2.25 bits per heavy atom. The number of aliphatic hydroxyl groups excluding tert-OH is 2. The van der Waals surface area contributed by atoms with Gasteiger partial charge in [0.2, 0.25) is 0 Å². The van der Waals surface area contributed by atoms with Crippen molar-refractivity contribution in [2.45, 2.75) is 26.4 Å². The molecule has 0 aliphatic rings. The number of hydrogen-bond donors (Lipinski definition) is 3. The summed E-state index contributed by atoms with van der Waals surface area (Å²) in [6, 6.07) is 3.35. The van der Waals surface area contributed by atoms with Crippen molar-refractivity contribution in [2.24, 2.45) is 5.92 Å². The molecule has 0 spiro atoms. The SMILES string of the molecule is CC(C)CC#Cc1ccnc(C(=O)NCC(O)CO)c1. The van der Waals surface area contributed by atoms with Gasteiger partial charge in [-0.3, -0.25) is 9.78 Å². The van der Waals surface area contributed by atoms with Crippen LogP contribution in [0.25, 0.3) is 0 Å². The van der Waals surface area contributed by atoms with Gasteiger partial charge >= 0.3 is 0 Å². The summed E-state index contributed by atoms with van der Waals surface area (Å²) in [5.74, 6) is 6.14. The van der Waals surface area contributed by atoms with Crippen LogP contribution in [0.4, 0.5) is 0 Å². The third-order valence-corrected chi connectivity index (χ3v) is 2.44.